The first-order valence-corrected chi connectivity index (χ1v) is 27.3. The minimum Gasteiger partial charge on any atom is -0.743 e. The quantitative estimate of drug-likeness (QED) is 0.0259. The van der Waals surface area contributed by atoms with Crippen LogP contribution in [0, 0.1) is 58.2 Å². The van der Waals surface area contributed by atoms with Gasteiger partial charge in [-0.25, -0.2) is 13.2 Å². The van der Waals surface area contributed by atoms with Crippen LogP contribution in [0.5, 0.6) is 11.5 Å². The summed E-state index contributed by atoms with van der Waals surface area (Å²) in [6.45, 7) is 7.78. The molecule has 0 heterocycles. The minimum absolute atomic E-state index is 0.203. The van der Waals surface area contributed by atoms with Crippen LogP contribution in [0.15, 0.2) is 93.5 Å². The summed E-state index contributed by atoms with van der Waals surface area (Å²) in [7, 11) is -7.78. The fraction of sp³-hybridized carbons (Fsp3) is 0.600. The fourth-order valence-electron chi connectivity index (χ4n) is 13.4. The average molecular weight is 1160 g/mol. The van der Waals surface area contributed by atoms with Crippen molar-refractivity contribution in [3.05, 3.63) is 78.9 Å². The highest BCUT2D eigenvalue weighted by Gasteiger charge is 2.71. The minimum atomic E-state index is -7.12. The summed E-state index contributed by atoms with van der Waals surface area (Å²) >= 11 is -0.406. The summed E-state index contributed by atoms with van der Waals surface area (Å²) < 4.78 is 150. The van der Waals surface area contributed by atoms with Crippen molar-refractivity contribution in [3.63, 3.8) is 0 Å². The van der Waals surface area contributed by atoms with Gasteiger partial charge in [-0.1, -0.05) is 56.3 Å². The Bertz CT molecular complexity index is 2410. The van der Waals surface area contributed by atoms with Crippen LogP contribution in [0.2, 0.25) is 0 Å². The number of ether oxygens (including phenoxy) is 5. The Hall–Kier alpha value is -3.41. The van der Waals surface area contributed by atoms with Crippen LogP contribution in [0.4, 0.5) is 35.1 Å². The molecule has 8 atom stereocenters. The molecule has 8 unspecified atom stereocenters. The van der Waals surface area contributed by atoms with Gasteiger partial charge in [0.15, 0.2) is 26.5 Å². The molecular formula is C50H55F8IO10S2. The largest absolute Gasteiger partial charge is 0.743 e. The Morgan fingerprint density at radius 3 is 1.34 bits per heavy atom. The van der Waals surface area contributed by atoms with Gasteiger partial charge in [-0.15, -0.1) is 0 Å². The third-order valence-electron chi connectivity index (χ3n) is 16.1. The highest BCUT2D eigenvalue weighted by molar-refractivity contribution is 14.1. The van der Waals surface area contributed by atoms with E-state index in [9.17, 15) is 57.7 Å². The van der Waals surface area contributed by atoms with Gasteiger partial charge in [0.1, 0.15) is 10.9 Å². The zero-order valence-corrected chi connectivity index (χ0v) is 42.9. The van der Waals surface area contributed by atoms with Gasteiger partial charge in [-0.2, -0.15) is 35.1 Å². The van der Waals surface area contributed by atoms with E-state index >= 15 is 0 Å². The van der Waals surface area contributed by atoms with Crippen LogP contribution < -0.4 is 9.47 Å². The van der Waals surface area contributed by atoms with Gasteiger partial charge in [-0.05, 0) is 148 Å². The number of alkyl halides is 9. The second kappa shape index (κ2) is 19.7. The van der Waals surface area contributed by atoms with Crippen molar-refractivity contribution in [1.29, 1.82) is 0 Å². The number of rotatable bonds is 16. The van der Waals surface area contributed by atoms with E-state index in [0.717, 1.165) is 51.9 Å². The maximum atomic E-state index is 12.8. The summed E-state index contributed by atoms with van der Waals surface area (Å²) in [5, 5.41) is -6.65. The fourth-order valence-corrected chi connectivity index (χ4v) is 16.0. The van der Waals surface area contributed by atoms with Crippen LogP contribution in [0.25, 0.3) is 0 Å². The Kier molecular flexibility index (Phi) is 14.9. The van der Waals surface area contributed by atoms with E-state index in [0.29, 0.717) is 47.3 Å². The molecule has 11 rings (SSSR count). The summed E-state index contributed by atoms with van der Waals surface area (Å²) in [4.78, 5) is 28.8. The molecule has 10 nitrogen and oxygen atoms in total. The first-order chi connectivity index (χ1) is 33.1. The van der Waals surface area contributed by atoms with Crippen molar-refractivity contribution in [1.82, 2.24) is 0 Å². The Balaban J connectivity index is 0.000000322. The van der Waals surface area contributed by atoms with Gasteiger partial charge < -0.3 is 23.5 Å². The van der Waals surface area contributed by atoms with Crippen LogP contribution in [0.3, 0.4) is 0 Å². The van der Waals surface area contributed by atoms with Gasteiger partial charge in [-0.3, -0.25) is 9.59 Å². The summed E-state index contributed by atoms with van der Waals surface area (Å²) in [6, 6.07) is 27.1. The standard InChI is InChI=1S/C46H55O6S.C4HF8IO4S/c1-28-36-20-32-18-33(21-36)25-45(28,24-32)43(49-30(3)47)51-39-14-8-10-16-41(39)53(38-12-6-5-7-13-38)42-17-11-9-15-40(42)52-44(50-31(4)48)46-26-34-19-35(27-46)23-37(22-34)29(46)2;5-1(6,13)2(7,8)17-3(9,10)4(11,12)18(14,15)16/h5-17,28-29,32-37,43-44H,18-27H2,1-4H3;(H,14,15,16)/q+1;/p-1. The summed E-state index contributed by atoms with van der Waals surface area (Å²) in [6.07, 6.45) is -2.21. The number of hydrogen-bond acceptors (Lipinski definition) is 10. The topological polar surface area (TPSA) is 137 Å². The number of benzene rings is 3. The molecule has 0 saturated heterocycles. The van der Waals surface area contributed by atoms with Gasteiger partial charge in [0.25, 0.3) is 0 Å². The van der Waals surface area contributed by atoms with E-state index in [1.54, 1.807) is 0 Å². The molecule has 390 valence electrons. The first-order valence-electron chi connectivity index (χ1n) is 23.6. The van der Waals surface area contributed by atoms with Gasteiger partial charge in [0.05, 0.1) is 0 Å². The molecule has 21 heteroatoms. The molecule has 0 amide bonds. The molecule has 3 aromatic rings. The second-order valence-corrected chi connectivity index (χ2v) is 25.2. The van der Waals surface area contributed by atoms with E-state index in [2.05, 4.69) is 62.4 Å². The smallest absolute Gasteiger partial charge is 0.438 e. The number of halogens is 9. The molecule has 0 N–H and O–H groups in total. The Morgan fingerprint density at radius 2 is 0.986 bits per heavy atom. The lowest BCUT2D eigenvalue weighted by Crippen LogP contribution is -2.59. The lowest BCUT2D eigenvalue weighted by molar-refractivity contribution is -0.438. The SMILES string of the molecule is CC(=O)OC(Oc1ccccc1[S+](c1ccccc1)c1ccccc1OC(OC(C)=O)C12CC3CC(CC(C3)C1C)C2)C12CC3CC(CC(C3)C1C)C2.O=S(=O)([O-])C(F)(F)C(F)(F)OC(F)(F)C(F)(F)I. The molecule has 8 aliphatic rings. The molecular weight excluding hydrogens is 1100 g/mol. The predicted octanol–water partition coefficient (Wildman–Crippen LogP) is 12.6. The van der Waals surface area contributed by atoms with Crippen molar-refractivity contribution >= 4 is 55.5 Å². The van der Waals surface area contributed by atoms with E-state index in [-0.39, 0.29) is 22.8 Å². The summed E-state index contributed by atoms with van der Waals surface area (Å²) in [5.41, 5.74) is -0.405. The molecule has 8 bridgehead atoms. The van der Waals surface area contributed by atoms with Crippen molar-refractivity contribution in [2.45, 2.75) is 141 Å². The number of para-hydroxylation sites is 2. The number of hydrogen-bond donors (Lipinski definition) is 0. The zero-order chi connectivity index (χ0) is 51.7. The van der Waals surface area contributed by atoms with Gasteiger partial charge >= 0.3 is 33.3 Å². The van der Waals surface area contributed by atoms with Crippen LogP contribution in [-0.2, 0) is 44.8 Å². The Labute approximate surface area is 423 Å². The molecule has 0 aliphatic heterocycles. The van der Waals surface area contributed by atoms with Crippen LogP contribution in [-0.4, -0.2) is 58.9 Å². The molecule has 8 saturated carbocycles. The monoisotopic (exact) mass is 1160 g/mol. The van der Waals surface area contributed by atoms with Gasteiger partial charge in [0.2, 0.25) is 22.4 Å². The average Bonchev–Trinajstić information content (AvgIpc) is 3.26. The van der Waals surface area contributed by atoms with Crippen LogP contribution in [0.1, 0.15) is 91.9 Å². The first kappa shape index (κ1) is 53.9. The van der Waals surface area contributed by atoms with Crippen molar-refractivity contribution in [2.75, 3.05) is 0 Å². The highest BCUT2D eigenvalue weighted by Crippen LogP contribution is 2.66. The lowest BCUT2D eigenvalue weighted by atomic mass is 9.45. The van der Waals surface area contributed by atoms with Crippen molar-refractivity contribution in [2.24, 2.45) is 58.2 Å². The number of carbonyl (C=O) groups is 2. The third-order valence-corrected chi connectivity index (χ3v) is 19.9. The maximum Gasteiger partial charge on any atom is 0.438 e. The maximum absolute atomic E-state index is 12.8. The third kappa shape index (κ3) is 10.4. The van der Waals surface area contributed by atoms with Crippen molar-refractivity contribution < 1.29 is 81.4 Å². The highest BCUT2D eigenvalue weighted by atomic mass is 127. The molecule has 3 aromatic carbocycles. The predicted molar refractivity (Wildman–Crippen MR) is 249 cm³/mol. The molecule has 0 radical (unpaired) electrons. The number of carbonyl (C=O) groups excluding carboxylic acids is 2. The van der Waals surface area contributed by atoms with Crippen molar-refractivity contribution in [3.8, 4) is 11.5 Å². The molecule has 8 fully saturated rings. The molecule has 0 spiro atoms. The van der Waals surface area contributed by atoms with E-state index in [1.165, 1.54) is 52.4 Å². The van der Waals surface area contributed by atoms with E-state index in [1.807, 2.05) is 35.1 Å². The van der Waals surface area contributed by atoms with E-state index in [4.69, 9.17) is 18.9 Å². The second-order valence-electron chi connectivity index (χ2n) is 20.5. The zero-order valence-electron chi connectivity index (χ0n) is 39.2. The lowest BCUT2D eigenvalue weighted by Gasteiger charge is -2.61. The van der Waals surface area contributed by atoms with E-state index < -0.39 is 77.6 Å². The summed E-state index contributed by atoms with van der Waals surface area (Å²) in [5.74, 6) is 5.69. The van der Waals surface area contributed by atoms with Crippen LogP contribution >= 0.6 is 22.6 Å². The molecule has 8 aliphatic carbocycles. The molecule has 71 heavy (non-hydrogen) atoms. The van der Waals surface area contributed by atoms with Gasteiger partial charge in [0, 0.05) is 47.3 Å². The number of esters is 2. The Morgan fingerprint density at radius 1 is 0.620 bits per heavy atom. The normalized spacial score (nSPS) is 31.2. The molecule has 0 aromatic heterocycles.